The predicted octanol–water partition coefficient (Wildman–Crippen LogP) is 0.314. The number of hydrogen-bond acceptors (Lipinski definition) is 6. The number of carbonyl (C=O) groups is 2. The van der Waals surface area contributed by atoms with Crippen LogP contribution in [0.2, 0.25) is 0 Å². The van der Waals surface area contributed by atoms with Gasteiger partial charge < -0.3 is 10.6 Å². The maximum atomic E-state index is 12.2. The number of nitro groups is 1. The van der Waals surface area contributed by atoms with Crippen LogP contribution in [0, 0.1) is 17.0 Å². The predicted molar refractivity (Wildman–Crippen MR) is 83.5 cm³/mol. The van der Waals surface area contributed by atoms with Gasteiger partial charge in [-0.3, -0.25) is 29.1 Å². The Labute approximate surface area is 136 Å². The van der Waals surface area contributed by atoms with E-state index in [1.807, 2.05) is 6.92 Å². The van der Waals surface area contributed by atoms with Crippen molar-refractivity contribution in [3.8, 4) is 0 Å². The van der Waals surface area contributed by atoms with Crippen molar-refractivity contribution in [3.63, 3.8) is 0 Å². The van der Waals surface area contributed by atoms with Gasteiger partial charge in [-0.15, -0.1) is 0 Å². The molecule has 2 rings (SSSR count). The van der Waals surface area contributed by atoms with Crippen LogP contribution >= 0.6 is 0 Å². The third-order valence-corrected chi connectivity index (χ3v) is 3.37. The first-order chi connectivity index (χ1) is 11.4. The van der Waals surface area contributed by atoms with Gasteiger partial charge in [-0.25, -0.2) is 0 Å². The van der Waals surface area contributed by atoms with E-state index in [-0.39, 0.29) is 29.3 Å². The highest BCUT2D eigenvalue weighted by molar-refractivity contribution is 6.02. The minimum atomic E-state index is -0.564. The van der Waals surface area contributed by atoms with Crippen molar-refractivity contribution in [3.05, 3.63) is 33.9 Å². The molecule has 0 saturated carbocycles. The number of aromatic nitrogens is 4. The number of nitrogens with one attached hydrogen (secondary N) is 2. The molecule has 0 bridgehead atoms. The van der Waals surface area contributed by atoms with Gasteiger partial charge in [0.1, 0.15) is 18.4 Å². The molecule has 0 saturated heterocycles. The van der Waals surface area contributed by atoms with Crippen molar-refractivity contribution >= 4 is 23.2 Å². The van der Waals surface area contributed by atoms with Gasteiger partial charge in [0.25, 0.3) is 5.91 Å². The van der Waals surface area contributed by atoms with Crippen LogP contribution in [-0.2, 0) is 17.9 Å². The fourth-order valence-corrected chi connectivity index (χ4v) is 2.06. The fourth-order valence-electron chi connectivity index (χ4n) is 2.06. The Morgan fingerprint density at radius 2 is 2.12 bits per heavy atom. The van der Waals surface area contributed by atoms with Gasteiger partial charge in [-0.05, 0) is 13.8 Å². The molecule has 24 heavy (non-hydrogen) atoms. The summed E-state index contributed by atoms with van der Waals surface area (Å²) in [5.41, 5.74) is 0.468. The van der Waals surface area contributed by atoms with Gasteiger partial charge in [0, 0.05) is 19.8 Å². The van der Waals surface area contributed by atoms with E-state index in [9.17, 15) is 19.7 Å². The molecule has 0 aliphatic rings. The lowest BCUT2D eigenvalue weighted by molar-refractivity contribution is -0.385. The van der Waals surface area contributed by atoms with Crippen LogP contribution in [0.1, 0.15) is 23.1 Å². The summed E-state index contributed by atoms with van der Waals surface area (Å²) in [4.78, 5) is 34.2. The first-order valence-electron chi connectivity index (χ1n) is 7.13. The standard InChI is InChI=1S/C13H17N7O4/c1-4-18-6-9(12(17-18)13(22)14-3)16-11(21)7-19-8(2)10(5-15-19)20(23)24/h5-6H,4,7H2,1-3H3,(H,14,22)(H,16,21). The molecular formula is C13H17N7O4. The molecule has 2 aromatic rings. The number of nitrogens with zero attached hydrogens (tertiary/aromatic N) is 5. The molecule has 2 heterocycles. The summed E-state index contributed by atoms with van der Waals surface area (Å²) in [6.07, 6.45) is 2.63. The molecule has 2 amide bonds. The molecule has 2 aromatic heterocycles. The van der Waals surface area contributed by atoms with Crippen LogP contribution in [0.4, 0.5) is 11.4 Å². The van der Waals surface area contributed by atoms with E-state index in [0.717, 1.165) is 6.20 Å². The molecular weight excluding hydrogens is 318 g/mol. The third kappa shape index (κ3) is 3.39. The van der Waals surface area contributed by atoms with Crippen LogP contribution in [0.15, 0.2) is 12.4 Å². The van der Waals surface area contributed by atoms with E-state index < -0.39 is 16.7 Å². The largest absolute Gasteiger partial charge is 0.354 e. The first-order valence-corrected chi connectivity index (χ1v) is 7.13. The van der Waals surface area contributed by atoms with Gasteiger partial charge in [-0.1, -0.05) is 0 Å². The molecule has 11 nitrogen and oxygen atoms in total. The maximum absolute atomic E-state index is 12.2. The average Bonchev–Trinajstić information content (AvgIpc) is 3.11. The zero-order valence-corrected chi connectivity index (χ0v) is 13.4. The normalized spacial score (nSPS) is 10.5. The van der Waals surface area contributed by atoms with Crippen molar-refractivity contribution in [2.75, 3.05) is 12.4 Å². The monoisotopic (exact) mass is 335 g/mol. The van der Waals surface area contributed by atoms with Crippen LogP contribution < -0.4 is 10.6 Å². The first kappa shape index (κ1) is 17.1. The second-order valence-electron chi connectivity index (χ2n) is 4.90. The summed E-state index contributed by atoms with van der Waals surface area (Å²) in [7, 11) is 1.46. The number of rotatable bonds is 6. The van der Waals surface area contributed by atoms with E-state index >= 15 is 0 Å². The number of hydrogen-bond donors (Lipinski definition) is 2. The molecule has 0 aliphatic carbocycles. The Morgan fingerprint density at radius 1 is 1.42 bits per heavy atom. The van der Waals surface area contributed by atoms with Gasteiger partial charge in [-0.2, -0.15) is 10.2 Å². The fraction of sp³-hybridized carbons (Fsp3) is 0.385. The summed E-state index contributed by atoms with van der Waals surface area (Å²) in [6, 6.07) is 0. The number of anilines is 1. The summed E-state index contributed by atoms with van der Waals surface area (Å²) >= 11 is 0. The summed E-state index contributed by atoms with van der Waals surface area (Å²) in [5, 5.41) is 23.7. The lowest BCUT2D eigenvalue weighted by atomic mass is 10.3. The Kier molecular flexibility index (Phi) is 4.92. The van der Waals surface area contributed by atoms with Crippen molar-refractivity contribution in [1.82, 2.24) is 24.9 Å². The maximum Gasteiger partial charge on any atom is 0.309 e. The zero-order chi connectivity index (χ0) is 17.9. The molecule has 0 atom stereocenters. The SMILES string of the molecule is CCn1cc(NC(=O)Cn2ncc([N+](=O)[O-])c2C)c(C(=O)NC)n1. The minimum Gasteiger partial charge on any atom is -0.354 e. The van der Waals surface area contributed by atoms with Crippen LogP contribution in [-0.4, -0.2) is 43.3 Å². The number of amides is 2. The second kappa shape index (κ2) is 6.89. The van der Waals surface area contributed by atoms with E-state index in [0.29, 0.717) is 6.54 Å². The molecule has 0 aliphatic heterocycles. The lowest BCUT2D eigenvalue weighted by Gasteiger charge is -2.06. The molecule has 2 N–H and O–H groups in total. The Morgan fingerprint density at radius 3 is 2.67 bits per heavy atom. The lowest BCUT2D eigenvalue weighted by Crippen LogP contribution is -2.24. The summed E-state index contributed by atoms with van der Waals surface area (Å²) < 4.78 is 2.74. The molecule has 128 valence electrons. The van der Waals surface area contributed by atoms with Crippen molar-refractivity contribution in [1.29, 1.82) is 0 Å². The van der Waals surface area contributed by atoms with Gasteiger partial charge in [0.15, 0.2) is 5.69 Å². The summed E-state index contributed by atoms with van der Waals surface area (Å²) in [5.74, 6) is -0.902. The Bertz CT molecular complexity index is 792. The van der Waals surface area contributed by atoms with Crippen molar-refractivity contribution in [2.24, 2.45) is 0 Å². The van der Waals surface area contributed by atoms with Crippen molar-refractivity contribution in [2.45, 2.75) is 26.9 Å². The smallest absolute Gasteiger partial charge is 0.309 e. The highest BCUT2D eigenvalue weighted by Crippen LogP contribution is 2.17. The topological polar surface area (TPSA) is 137 Å². The van der Waals surface area contributed by atoms with E-state index in [1.54, 1.807) is 6.20 Å². The van der Waals surface area contributed by atoms with Crippen LogP contribution in [0.3, 0.4) is 0 Å². The zero-order valence-electron chi connectivity index (χ0n) is 13.4. The Balaban J connectivity index is 2.17. The van der Waals surface area contributed by atoms with E-state index in [4.69, 9.17) is 0 Å². The second-order valence-corrected chi connectivity index (χ2v) is 4.90. The molecule has 0 unspecified atom stereocenters. The quantitative estimate of drug-likeness (QED) is 0.576. The Hall–Kier alpha value is -3.24. The number of carbonyl (C=O) groups excluding carboxylic acids is 2. The van der Waals surface area contributed by atoms with Crippen LogP contribution in [0.25, 0.3) is 0 Å². The highest BCUT2D eigenvalue weighted by Gasteiger charge is 2.20. The molecule has 0 aromatic carbocycles. The van der Waals surface area contributed by atoms with Gasteiger partial charge in [0.2, 0.25) is 5.91 Å². The van der Waals surface area contributed by atoms with E-state index in [1.165, 1.54) is 23.3 Å². The number of aryl methyl sites for hydroxylation is 1. The molecule has 0 fully saturated rings. The van der Waals surface area contributed by atoms with Crippen molar-refractivity contribution < 1.29 is 14.5 Å². The molecule has 11 heteroatoms. The average molecular weight is 335 g/mol. The highest BCUT2D eigenvalue weighted by atomic mass is 16.6. The molecule has 0 spiro atoms. The molecule has 0 radical (unpaired) electrons. The third-order valence-electron chi connectivity index (χ3n) is 3.37. The van der Waals surface area contributed by atoms with E-state index in [2.05, 4.69) is 20.8 Å². The van der Waals surface area contributed by atoms with Gasteiger partial charge in [0.05, 0.1) is 10.6 Å². The van der Waals surface area contributed by atoms with Gasteiger partial charge >= 0.3 is 5.69 Å². The summed E-state index contributed by atoms with van der Waals surface area (Å²) in [6.45, 7) is 3.66. The minimum absolute atomic E-state index is 0.0934. The van der Waals surface area contributed by atoms with Crippen LogP contribution in [0.5, 0.6) is 0 Å².